The molecule has 0 aromatic rings. The predicted octanol–water partition coefficient (Wildman–Crippen LogP) is 2.40. The van der Waals surface area contributed by atoms with Crippen LogP contribution in [0.4, 0.5) is 0 Å². The molecule has 0 spiro atoms. The number of imide groups is 2. The molecule has 4 amide bonds. The number of carbonyl (C=O) groups is 6. The van der Waals surface area contributed by atoms with Crippen molar-refractivity contribution < 1.29 is 57.2 Å². The van der Waals surface area contributed by atoms with Gasteiger partial charge in [-0.25, -0.2) is 0 Å². The second kappa shape index (κ2) is 14.0. The summed E-state index contributed by atoms with van der Waals surface area (Å²) in [6.45, 7) is 14.5. The first kappa shape index (κ1) is 39.0. The molecule has 0 N–H and O–H groups in total. The third kappa shape index (κ3) is 6.29. The fourth-order valence-electron chi connectivity index (χ4n) is 7.13. The van der Waals surface area contributed by atoms with E-state index in [0.29, 0.717) is 12.8 Å². The zero-order valence-corrected chi connectivity index (χ0v) is 31.9. The van der Waals surface area contributed by atoms with Gasteiger partial charge in [0.15, 0.2) is 11.6 Å². The Hall–Kier alpha value is -2.24. The largest absolute Gasteiger partial charge is 0.464 e. The zero-order valence-electron chi connectivity index (χ0n) is 30.2. The summed E-state index contributed by atoms with van der Waals surface area (Å²) in [7, 11) is 0. The molecule has 4 atom stereocenters. The Bertz CT molecular complexity index is 1300. The number of likely N-dealkylation sites (tertiary alicyclic amines) is 2. The van der Waals surface area contributed by atoms with E-state index in [2.05, 4.69) is 0 Å². The Labute approximate surface area is 301 Å². The van der Waals surface area contributed by atoms with Crippen LogP contribution in [0.2, 0.25) is 0 Å². The van der Waals surface area contributed by atoms with E-state index >= 15 is 0 Å². The van der Waals surface area contributed by atoms with Gasteiger partial charge in [-0.05, 0) is 54.4 Å². The second-order valence-electron chi connectivity index (χ2n) is 15.1. The van der Waals surface area contributed by atoms with Crippen LogP contribution in [0.1, 0.15) is 68.2 Å². The van der Waals surface area contributed by atoms with Gasteiger partial charge in [-0.1, -0.05) is 13.8 Å². The van der Waals surface area contributed by atoms with Crippen molar-refractivity contribution >= 4 is 59.1 Å². The van der Waals surface area contributed by atoms with Crippen molar-refractivity contribution in [3.8, 4) is 0 Å². The van der Waals surface area contributed by atoms with Crippen molar-refractivity contribution in [3.63, 3.8) is 0 Å². The minimum Gasteiger partial charge on any atom is -0.464 e. The van der Waals surface area contributed by atoms with Gasteiger partial charge in [0.1, 0.15) is 33.5 Å². The summed E-state index contributed by atoms with van der Waals surface area (Å²) in [5, 5.41) is 0. The second-order valence-corrected chi connectivity index (χ2v) is 17.7. The van der Waals surface area contributed by atoms with Gasteiger partial charge in [-0.2, -0.15) is 0 Å². The minimum absolute atomic E-state index is 0.0818. The maximum Gasteiger partial charge on any atom is 0.316 e. The highest BCUT2D eigenvalue weighted by Gasteiger charge is 2.90. The average molecular weight is 743 g/mol. The number of fused-ring (bicyclic) bond motifs is 4. The molecule has 50 heavy (non-hydrogen) atoms. The summed E-state index contributed by atoms with van der Waals surface area (Å²) in [6, 6.07) is 0. The Morgan fingerprint density at radius 3 is 1.26 bits per heavy atom. The monoisotopic (exact) mass is 742 g/mol. The van der Waals surface area contributed by atoms with E-state index in [-0.39, 0.29) is 64.2 Å². The summed E-state index contributed by atoms with van der Waals surface area (Å²) in [6.07, 6.45) is 0.992. The van der Waals surface area contributed by atoms with Crippen LogP contribution in [0, 0.1) is 22.7 Å². The molecule has 5 rings (SSSR count). The van der Waals surface area contributed by atoms with Crippen LogP contribution in [0.15, 0.2) is 0 Å². The number of carbonyl (C=O) groups excluding carboxylic acids is 6. The van der Waals surface area contributed by atoms with Crippen molar-refractivity contribution in [1.29, 1.82) is 0 Å². The van der Waals surface area contributed by atoms with Crippen LogP contribution >= 0.6 is 23.5 Å². The number of hydrogen-bond acceptors (Lipinski definition) is 14. The quantitative estimate of drug-likeness (QED) is 0.145. The number of thioether (sulfide) groups is 2. The van der Waals surface area contributed by atoms with E-state index < -0.39 is 79.3 Å². The van der Waals surface area contributed by atoms with Gasteiger partial charge in [0.2, 0.25) is 23.6 Å². The molecule has 1 saturated carbocycles. The van der Waals surface area contributed by atoms with Gasteiger partial charge in [0.25, 0.3) is 0 Å². The van der Waals surface area contributed by atoms with Crippen LogP contribution in [-0.2, 0) is 57.2 Å². The third-order valence-electron chi connectivity index (χ3n) is 10.1. The lowest BCUT2D eigenvalue weighted by Crippen LogP contribution is -2.75. The molecule has 0 aromatic carbocycles. The Morgan fingerprint density at radius 2 is 0.960 bits per heavy atom. The van der Waals surface area contributed by atoms with Gasteiger partial charge >= 0.3 is 11.9 Å². The number of nitrogens with zero attached hydrogens (tertiary/aromatic N) is 2. The molecule has 5 aliphatic rings. The van der Waals surface area contributed by atoms with Crippen molar-refractivity contribution in [1.82, 2.24) is 9.80 Å². The topological polar surface area (TPSA) is 164 Å². The van der Waals surface area contributed by atoms with E-state index in [1.165, 1.54) is 9.80 Å². The van der Waals surface area contributed by atoms with E-state index in [1.54, 1.807) is 41.5 Å². The smallest absolute Gasteiger partial charge is 0.316 e. The normalized spacial score (nSPS) is 32.0. The number of esters is 2. The lowest BCUT2D eigenvalue weighted by Gasteiger charge is -2.57. The Morgan fingerprint density at radius 1 is 0.640 bits per heavy atom. The zero-order chi connectivity index (χ0) is 36.9. The molecular weight excluding hydrogens is 693 g/mol. The third-order valence-corrected chi connectivity index (χ3v) is 13.4. The molecule has 4 aliphatic heterocycles. The van der Waals surface area contributed by atoms with Gasteiger partial charge in [-0.15, -0.1) is 23.5 Å². The highest BCUT2D eigenvalue weighted by atomic mass is 32.2. The molecule has 16 heteroatoms. The van der Waals surface area contributed by atoms with Crippen LogP contribution in [0.25, 0.3) is 0 Å². The first-order chi connectivity index (χ1) is 23.4. The predicted molar refractivity (Wildman–Crippen MR) is 181 cm³/mol. The van der Waals surface area contributed by atoms with Crippen molar-refractivity contribution in [2.24, 2.45) is 22.7 Å². The van der Waals surface area contributed by atoms with Crippen LogP contribution in [0.5, 0.6) is 0 Å². The average Bonchev–Trinajstić information content (AvgIpc) is 3.34. The number of ether oxygens (including phenoxy) is 6. The number of rotatable bonds is 14. The Balaban J connectivity index is 1.36. The summed E-state index contributed by atoms with van der Waals surface area (Å²) < 4.78 is 30.7. The van der Waals surface area contributed by atoms with Crippen LogP contribution in [-0.4, -0.2) is 131 Å². The van der Waals surface area contributed by atoms with Gasteiger partial charge < -0.3 is 28.4 Å². The molecule has 14 nitrogen and oxygen atoms in total. The first-order valence-corrected chi connectivity index (χ1v) is 19.2. The van der Waals surface area contributed by atoms with E-state index in [4.69, 9.17) is 28.4 Å². The van der Waals surface area contributed by atoms with Gasteiger partial charge in [-0.3, -0.25) is 38.6 Å². The molecule has 280 valence electrons. The van der Waals surface area contributed by atoms with Crippen LogP contribution < -0.4 is 0 Å². The van der Waals surface area contributed by atoms with E-state index in [1.807, 2.05) is 13.8 Å². The van der Waals surface area contributed by atoms with Crippen molar-refractivity contribution in [3.05, 3.63) is 0 Å². The summed E-state index contributed by atoms with van der Waals surface area (Å²) in [5.74, 6) is -6.68. The fourth-order valence-corrected chi connectivity index (χ4v) is 10.6. The molecule has 1 aliphatic carbocycles. The lowest BCUT2D eigenvalue weighted by atomic mass is 9.57. The van der Waals surface area contributed by atoms with E-state index in [9.17, 15) is 28.8 Å². The molecular formula is C34H50N2O12S2. The summed E-state index contributed by atoms with van der Waals surface area (Å²) in [5.41, 5.74) is -2.07. The first-order valence-electron chi connectivity index (χ1n) is 17.3. The standard InChI is InChI=1S/C34H50N2O12S2/c1-9-11-35-23(37)21-22-24(38)36(12-10-2)26(40)34(22,50-16-14-44-28(42)32(8)19-47-30(5,6)48-20-32)33(21,25(35)39)49-15-13-43-27(41)31(7)17-45-29(3,4)46-18-31/h21-22H,9-20H2,1-8H3. The maximum absolute atomic E-state index is 14.4. The summed E-state index contributed by atoms with van der Waals surface area (Å²) in [4.78, 5) is 85.2. The molecule has 5 fully saturated rings. The van der Waals surface area contributed by atoms with E-state index in [0.717, 1.165) is 23.5 Å². The molecule has 4 unspecified atom stereocenters. The lowest BCUT2D eigenvalue weighted by molar-refractivity contribution is -0.282. The van der Waals surface area contributed by atoms with Gasteiger partial charge in [0, 0.05) is 24.6 Å². The van der Waals surface area contributed by atoms with Crippen molar-refractivity contribution in [2.75, 3.05) is 64.2 Å². The summed E-state index contributed by atoms with van der Waals surface area (Å²) >= 11 is 2.17. The highest BCUT2D eigenvalue weighted by molar-refractivity contribution is 8.06. The molecule has 4 saturated heterocycles. The SMILES string of the molecule is CCCN1C(=O)C2C3C(=O)N(CCC)C(=O)C3(SCCOC(=O)C3(C)COC(C)(C)OC3)C2(SCCOC(=O)C2(C)COC(C)(C)OC2)C1=O. The molecule has 0 aromatic heterocycles. The maximum atomic E-state index is 14.4. The molecule has 4 heterocycles. The van der Waals surface area contributed by atoms with Crippen molar-refractivity contribution in [2.45, 2.75) is 89.3 Å². The number of amides is 4. The molecule has 0 bridgehead atoms. The number of hydrogen-bond donors (Lipinski definition) is 0. The van der Waals surface area contributed by atoms with Crippen LogP contribution in [0.3, 0.4) is 0 Å². The Kier molecular flexibility index (Phi) is 10.9. The minimum atomic E-state index is -1.62. The molecule has 0 radical (unpaired) electrons. The van der Waals surface area contributed by atoms with Gasteiger partial charge in [0.05, 0.1) is 38.3 Å². The highest BCUT2D eigenvalue weighted by Crippen LogP contribution is 2.72. The fraction of sp³-hybridized carbons (Fsp3) is 0.824.